The molecule has 0 aliphatic carbocycles. The molecular formula is C25H26ClFN4O. The minimum atomic E-state index is -0.457. The summed E-state index contributed by atoms with van der Waals surface area (Å²) in [6.45, 7) is 4.11. The summed E-state index contributed by atoms with van der Waals surface area (Å²) in [5.74, 6) is 0.322. The Morgan fingerprint density at radius 2 is 2.00 bits per heavy atom. The van der Waals surface area contributed by atoms with Gasteiger partial charge in [-0.2, -0.15) is 5.26 Å². The summed E-state index contributed by atoms with van der Waals surface area (Å²) < 4.78 is 20.4. The van der Waals surface area contributed by atoms with E-state index in [0.29, 0.717) is 30.1 Å². The zero-order valence-corrected chi connectivity index (χ0v) is 19.1. The molecule has 5 nitrogen and oxygen atoms in total. The number of nitriles is 1. The molecule has 3 aromatic rings. The van der Waals surface area contributed by atoms with Crippen LogP contribution in [0.4, 0.5) is 15.8 Å². The fourth-order valence-electron chi connectivity index (χ4n) is 4.06. The molecule has 1 N–H and O–H groups in total. The fraction of sp³-hybridized carbons (Fsp3) is 0.360. The van der Waals surface area contributed by atoms with Crippen molar-refractivity contribution < 1.29 is 9.13 Å². The molecule has 166 valence electrons. The number of fused-ring (bicyclic) bond motifs is 2. The van der Waals surface area contributed by atoms with Crippen LogP contribution in [0.2, 0.25) is 5.02 Å². The second kappa shape index (κ2) is 9.72. The van der Waals surface area contributed by atoms with Gasteiger partial charge in [0.2, 0.25) is 0 Å². The summed E-state index contributed by atoms with van der Waals surface area (Å²) in [7, 11) is 2.03. The van der Waals surface area contributed by atoms with Gasteiger partial charge in [0.25, 0.3) is 0 Å². The summed E-state index contributed by atoms with van der Waals surface area (Å²) in [4.78, 5) is 6.64. The molecule has 2 aromatic carbocycles. The van der Waals surface area contributed by atoms with Crippen molar-refractivity contribution in [3.8, 4) is 11.8 Å². The fourth-order valence-corrected chi connectivity index (χ4v) is 4.22. The van der Waals surface area contributed by atoms with Crippen LogP contribution in [0.15, 0.2) is 30.5 Å². The first kappa shape index (κ1) is 22.3. The van der Waals surface area contributed by atoms with Crippen molar-refractivity contribution in [2.45, 2.75) is 39.2 Å². The smallest absolute Gasteiger partial charge is 0.142 e. The molecule has 0 spiro atoms. The predicted octanol–water partition coefficient (Wildman–Crippen LogP) is 6.34. The number of hydrogen-bond acceptors (Lipinski definition) is 5. The molecule has 0 saturated carbocycles. The van der Waals surface area contributed by atoms with Crippen LogP contribution in [0.25, 0.3) is 10.9 Å². The number of benzene rings is 2. The number of rotatable bonds is 0. The van der Waals surface area contributed by atoms with Crippen molar-refractivity contribution >= 4 is 33.9 Å². The van der Waals surface area contributed by atoms with Gasteiger partial charge in [0, 0.05) is 23.8 Å². The van der Waals surface area contributed by atoms with E-state index in [2.05, 4.69) is 21.3 Å². The van der Waals surface area contributed by atoms with E-state index in [1.807, 2.05) is 26.1 Å². The molecule has 2 bridgehead atoms. The summed E-state index contributed by atoms with van der Waals surface area (Å²) in [6, 6.07) is 9.17. The number of hydrogen-bond donors (Lipinski definition) is 1. The van der Waals surface area contributed by atoms with Crippen molar-refractivity contribution in [3.05, 3.63) is 58.0 Å². The van der Waals surface area contributed by atoms with Gasteiger partial charge < -0.3 is 15.0 Å². The first-order chi connectivity index (χ1) is 15.5. The maximum Gasteiger partial charge on any atom is 0.142 e. The van der Waals surface area contributed by atoms with E-state index in [0.717, 1.165) is 60.0 Å². The number of ether oxygens (including phenoxy) is 1. The van der Waals surface area contributed by atoms with E-state index in [9.17, 15) is 9.65 Å². The van der Waals surface area contributed by atoms with Crippen LogP contribution >= 0.6 is 11.6 Å². The number of nitrogens with zero attached hydrogens (tertiary/aromatic N) is 3. The Balaban J connectivity index is 1.88. The number of pyridine rings is 1. The largest absolute Gasteiger partial charge is 0.493 e. The van der Waals surface area contributed by atoms with E-state index >= 15 is 0 Å². The Kier molecular flexibility index (Phi) is 6.78. The average molecular weight is 453 g/mol. The third-order valence-corrected chi connectivity index (χ3v) is 6.11. The molecule has 1 aliphatic heterocycles. The van der Waals surface area contributed by atoms with Gasteiger partial charge in [0.15, 0.2) is 0 Å². The van der Waals surface area contributed by atoms with Gasteiger partial charge in [-0.05, 0) is 68.8 Å². The van der Waals surface area contributed by atoms with E-state index in [-0.39, 0.29) is 5.02 Å². The molecule has 0 amide bonds. The lowest BCUT2D eigenvalue weighted by molar-refractivity contribution is 0.293. The van der Waals surface area contributed by atoms with Gasteiger partial charge in [-0.15, -0.1) is 0 Å². The van der Waals surface area contributed by atoms with Crippen LogP contribution in [0.3, 0.4) is 0 Å². The zero-order valence-electron chi connectivity index (χ0n) is 18.3. The summed E-state index contributed by atoms with van der Waals surface area (Å²) in [5, 5.41) is 13.9. The molecule has 1 aliphatic rings. The molecule has 0 fully saturated rings. The van der Waals surface area contributed by atoms with E-state index in [4.69, 9.17) is 16.3 Å². The predicted molar refractivity (Wildman–Crippen MR) is 126 cm³/mol. The Morgan fingerprint density at radius 3 is 2.81 bits per heavy atom. The normalized spacial score (nSPS) is 15.6. The Hall–Kier alpha value is -2.88. The molecule has 2 heterocycles. The molecule has 32 heavy (non-hydrogen) atoms. The lowest BCUT2D eigenvalue weighted by atomic mass is 10.0. The maximum atomic E-state index is 14.3. The van der Waals surface area contributed by atoms with Crippen LogP contribution < -0.4 is 10.1 Å². The van der Waals surface area contributed by atoms with Crippen LogP contribution in [0.1, 0.15) is 42.4 Å². The second-order valence-electron chi connectivity index (χ2n) is 8.34. The number of aryl methyl sites for hydroxylation is 1. The quantitative estimate of drug-likeness (QED) is 0.431. The molecule has 0 unspecified atom stereocenters. The van der Waals surface area contributed by atoms with Crippen LogP contribution in [-0.2, 0) is 6.54 Å². The highest BCUT2D eigenvalue weighted by molar-refractivity contribution is 6.31. The monoisotopic (exact) mass is 452 g/mol. The molecule has 7 heteroatoms. The summed E-state index contributed by atoms with van der Waals surface area (Å²) >= 11 is 6.13. The van der Waals surface area contributed by atoms with Crippen molar-refractivity contribution in [2.75, 3.05) is 25.5 Å². The SMILES string of the molecule is Cc1cc2ncc(C#N)c3c2cc1OCCCCCCN(C)Cc1cc(F)c(Cl)cc1N3. The highest BCUT2D eigenvalue weighted by Crippen LogP contribution is 2.36. The lowest BCUT2D eigenvalue weighted by Crippen LogP contribution is -2.20. The zero-order chi connectivity index (χ0) is 22.7. The summed E-state index contributed by atoms with van der Waals surface area (Å²) in [5.41, 5.74) is 4.20. The lowest BCUT2D eigenvalue weighted by Gasteiger charge is -2.21. The molecular weight excluding hydrogens is 427 g/mol. The molecule has 0 saturated heterocycles. The van der Waals surface area contributed by atoms with Crippen molar-refractivity contribution in [1.29, 1.82) is 5.26 Å². The maximum absolute atomic E-state index is 14.3. The van der Waals surface area contributed by atoms with Crippen LogP contribution in [0, 0.1) is 24.1 Å². The second-order valence-corrected chi connectivity index (χ2v) is 8.75. The average Bonchev–Trinajstić information content (AvgIpc) is 2.76. The highest BCUT2D eigenvalue weighted by atomic mass is 35.5. The van der Waals surface area contributed by atoms with Crippen molar-refractivity contribution in [2.24, 2.45) is 0 Å². The van der Waals surface area contributed by atoms with Crippen LogP contribution in [0.5, 0.6) is 5.75 Å². The van der Waals surface area contributed by atoms with Gasteiger partial charge in [0.05, 0.1) is 28.4 Å². The highest BCUT2D eigenvalue weighted by Gasteiger charge is 2.17. The van der Waals surface area contributed by atoms with Gasteiger partial charge in [0.1, 0.15) is 17.6 Å². The number of nitrogens with one attached hydrogen (secondary N) is 1. The first-order valence-corrected chi connectivity index (χ1v) is 11.2. The van der Waals surface area contributed by atoms with E-state index < -0.39 is 5.82 Å². The van der Waals surface area contributed by atoms with Gasteiger partial charge >= 0.3 is 0 Å². The van der Waals surface area contributed by atoms with E-state index in [1.54, 1.807) is 12.3 Å². The first-order valence-electron chi connectivity index (χ1n) is 10.9. The molecule has 0 radical (unpaired) electrons. The van der Waals surface area contributed by atoms with Gasteiger partial charge in [-0.1, -0.05) is 24.4 Å². The van der Waals surface area contributed by atoms with Crippen LogP contribution in [-0.4, -0.2) is 30.1 Å². The third kappa shape index (κ3) is 4.79. The third-order valence-electron chi connectivity index (χ3n) is 5.82. The standard InChI is InChI=1S/C25H26ClFN4O/c1-16-9-23-19-11-24(16)32-8-6-4-3-5-7-31(2)15-17-10-21(27)20(26)12-22(17)30-25(19)18(13-28)14-29-23/h9-12,14,30H,3-8,15H2,1-2H3. The summed E-state index contributed by atoms with van der Waals surface area (Å²) in [6.07, 6.45) is 5.81. The minimum absolute atomic E-state index is 0.0324. The molecule has 1 aromatic heterocycles. The molecule has 4 rings (SSSR count). The Bertz CT molecular complexity index is 1190. The van der Waals surface area contributed by atoms with Crippen molar-refractivity contribution in [1.82, 2.24) is 9.88 Å². The molecule has 0 atom stereocenters. The number of aromatic nitrogens is 1. The number of halogens is 2. The van der Waals surface area contributed by atoms with Gasteiger partial charge in [-0.25, -0.2) is 4.39 Å². The van der Waals surface area contributed by atoms with Crippen molar-refractivity contribution in [3.63, 3.8) is 0 Å². The van der Waals surface area contributed by atoms with Gasteiger partial charge in [-0.3, -0.25) is 4.98 Å². The topological polar surface area (TPSA) is 61.2 Å². The Morgan fingerprint density at radius 1 is 1.19 bits per heavy atom. The van der Waals surface area contributed by atoms with E-state index in [1.165, 1.54) is 6.07 Å². The number of anilines is 2. The minimum Gasteiger partial charge on any atom is -0.493 e. The Labute approximate surface area is 192 Å².